The number of aliphatic imine (C=N–C) groups is 1. The van der Waals surface area contributed by atoms with E-state index in [0.717, 1.165) is 18.7 Å². The third-order valence-electron chi connectivity index (χ3n) is 3.96. The molecule has 1 aromatic carbocycles. The first-order valence-corrected chi connectivity index (χ1v) is 8.02. The molecule has 1 aliphatic heterocycles. The number of piperidine rings is 1. The normalized spacial score (nSPS) is 19.1. The summed E-state index contributed by atoms with van der Waals surface area (Å²) >= 11 is 0. The number of likely N-dealkylation sites (tertiary alicyclic amines) is 1. The Bertz CT molecular complexity index is 524. The van der Waals surface area contributed by atoms with Crippen LogP contribution in [0.1, 0.15) is 42.6 Å². The molecular weight excluding hydrogens is 276 g/mol. The van der Waals surface area contributed by atoms with Crippen molar-refractivity contribution in [2.24, 2.45) is 16.6 Å². The van der Waals surface area contributed by atoms with Gasteiger partial charge in [-0.2, -0.15) is 0 Å². The van der Waals surface area contributed by atoms with E-state index in [1.165, 1.54) is 12.8 Å². The minimum absolute atomic E-state index is 0.0423. The smallest absolute Gasteiger partial charge is 0.251 e. The molecule has 1 aliphatic rings. The highest BCUT2D eigenvalue weighted by Gasteiger charge is 2.17. The van der Waals surface area contributed by atoms with Crippen LogP contribution in [0.3, 0.4) is 0 Å². The van der Waals surface area contributed by atoms with Gasteiger partial charge >= 0.3 is 0 Å². The van der Waals surface area contributed by atoms with Gasteiger partial charge in [0.1, 0.15) is 0 Å². The van der Waals surface area contributed by atoms with Crippen molar-refractivity contribution in [1.82, 2.24) is 10.2 Å². The van der Waals surface area contributed by atoms with Crippen LogP contribution in [0.5, 0.6) is 0 Å². The molecule has 0 saturated carbocycles. The van der Waals surface area contributed by atoms with E-state index in [0.29, 0.717) is 30.5 Å². The third-order valence-corrected chi connectivity index (χ3v) is 3.96. The molecule has 1 atom stereocenters. The van der Waals surface area contributed by atoms with Crippen molar-refractivity contribution in [3.05, 3.63) is 35.4 Å². The van der Waals surface area contributed by atoms with Crippen LogP contribution < -0.4 is 11.1 Å². The molecule has 2 rings (SSSR count). The fourth-order valence-electron chi connectivity index (χ4n) is 2.69. The van der Waals surface area contributed by atoms with Crippen molar-refractivity contribution in [3.63, 3.8) is 0 Å². The zero-order valence-electron chi connectivity index (χ0n) is 13.5. The molecule has 1 saturated heterocycles. The number of hydrogen-bond acceptors (Lipinski definition) is 2. The molecule has 0 aromatic heterocycles. The van der Waals surface area contributed by atoms with E-state index in [9.17, 15) is 4.79 Å². The first-order valence-electron chi connectivity index (χ1n) is 8.02. The van der Waals surface area contributed by atoms with Gasteiger partial charge in [0.25, 0.3) is 5.91 Å². The van der Waals surface area contributed by atoms with Crippen molar-refractivity contribution < 1.29 is 4.79 Å². The van der Waals surface area contributed by atoms with Gasteiger partial charge in [-0.05, 0) is 43.4 Å². The molecule has 1 fully saturated rings. The van der Waals surface area contributed by atoms with Crippen LogP contribution in [-0.4, -0.2) is 36.4 Å². The lowest BCUT2D eigenvalue weighted by Crippen LogP contribution is -2.43. The van der Waals surface area contributed by atoms with Crippen LogP contribution in [-0.2, 0) is 6.54 Å². The average Bonchev–Trinajstić information content (AvgIpc) is 2.53. The third kappa shape index (κ3) is 4.48. The average molecular weight is 302 g/mol. The summed E-state index contributed by atoms with van der Waals surface area (Å²) in [5, 5.41) is 2.79. The maximum absolute atomic E-state index is 11.7. The topological polar surface area (TPSA) is 70.7 Å². The molecule has 0 aliphatic carbocycles. The second-order valence-electron chi connectivity index (χ2n) is 5.92. The van der Waals surface area contributed by atoms with Crippen LogP contribution in [0.25, 0.3) is 0 Å². The summed E-state index contributed by atoms with van der Waals surface area (Å²) in [5.74, 6) is 1.26. The summed E-state index contributed by atoms with van der Waals surface area (Å²) in [7, 11) is 0. The van der Waals surface area contributed by atoms with Crippen LogP contribution >= 0.6 is 0 Å². The predicted molar refractivity (Wildman–Crippen MR) is 89.7 cm³/mol. The highest BCUT2D eigenvalue weighted by atomic mass is 16.1. The van der Waals surface area contributed by atoms with E-state index in [1.54, 1.807) is 0 Å². The maximum atomic E-state index is 11.7. The number of rotatable bonds is 4. The Labute approximate surface area is 132 Å². The van der Waals surface area contributed by atoms with Crippen molar-refractivity contribution in [2.45, 2.75) is 33.2 Å². The van der Waals surface area contributed by atoms with Gasteiger partial charge in [-0.1, -0.05) is 19.1 Å². The molecule has 1 unspecified atom stereocenters. The fourth-order valence-corrected chi connectivity index (χ4v) is 2.69. The van der Waals surface area contributed by atoms with Crippen molar-refractivity contribution in [3.8, 4) is 0 Å². The van der Waals surface area contributed by atoms with Gasteiger partial charge in [0.15, 0.2) is 5.96 Å². The van der Waals surface area contributed by atoms with Crippen LogP contribution in [0, 0.1) is 5.92 Å². The fraction of sp³-hybridized carbons (Fsp3) is 0.529. The highest BCUT2D eigenvalue weighted by molar-refractivity contribution is 5.94. The van der Waals surface area contributed by atoms with Crippen molar-refractivity contribution in [1.29, 1.82) is 0 Å². The second kappa shape index (κ2) is 7.82. The summed E-state index contributed by atoms with van der Waals surface area (Å²) in [5.41, 5.74) is 7.82. The molecule has 0 bridgehead atoms. The van der Waals surface area contributed by atoms with Crippen LogP contribution in [0.2, 0.25) is 0 Å². The molecule has 120 valence electrons. The Morgan fingerprint density at radius 3 is 2.77 bits per heavy atom. The van der Waals surface area contributed by atoms with Crippen molar-refractivity contribution in [2.75, 3.05) is 19.6 Å². The summed E-state index contributed by atoms with van der Waals surface area (Å²) < 4.78 is 0. The minimum atomic E-state index is -0.0423. The molecule has 1 amide bonds. The number of guanidine groups is 1. The monoisotopic (exact) mass is 302 g/mol. The van der Waals surface area contributed by atoms with E-state index >= 15 is 0 Å². The Hall–Kier alpha value is -2.04. The van der Waals surface area contributed by atoms with E-state index in [-0.39, 0.29) is 5.91 Å². The van der Waals surface area contributed by atoms with E-state index in [1.807, 2.05) is 31.2 Å². The van der Waals surface area contributed by atoms with Crippen molar-refractivity contribution >= 4 is 11.9 Å². The number of carbonyl (C=O) groups excluding carboxylic acids is 1. The van der Waals surface area contributed by atoms with Gasteiger partial charge in [0.2, 0.25) is 0 Å². The zero-order valence-corrected chi connectivity index (χ0v) is 13.5. The lowest BCUT2D eigenvalue weighted by Gasteiger charge is -2.31. The molecule has 5 heteroatoms. The zero-order chi connectivity index (χ0) is 15.9. The molecule has 1 aromatic rings. The molecule has 0 radical (unpaired) electrons. The van der Waals surface area contributed by atoms with Gasteiger partial charge in [0, 0.05) is 25.2 Å². The molecule has 5 nitrogen and oxygen atoms in total. The number of nitrogens with one attached hydrogen (secondary N) is 1. The van der Waals surface area contributed by atoms with E-state index in [2.05, 4.69) is 22.1 Å². The van der Waals surface area contributed by atoms with Gasteiger partial charge < -0.3 is 16.0 Å². The number of amides is 1. The number of hydrogen-bond donors (Lipinski definition) is 2. The maximum Gasteiger partial charge on any atom is 0.251 e. The van der Waals surface area contributed by atoms with Gasteiger partial charge in [-0.3, -0.25) is 4.79 Å². The number of nitrogens with two attached hydrogens (primary N) is 1. The Morgan fingerprint density at radius 2 is 2.14 bits per heavy atom. The Balaban J connectivity index is 1.93. The first-order chi connectivity index (χ1) is 10.6. The molecule has 22 heavy (non-hydrogen) atoms. The minimum Gasteiger partial charge on any atom is -0.370 e. The first kappa shape index (κ1) is 16.3. The van der Waals surface area contributed by atoms with Gasteiger partial charge in [0.05, 0.1) is 6.54 Å². The Kier molecular flexibility index (Phi) is 5.81. The van der Waals surface area contributed by atoms with Crippen LogP contribution in [0.4, 0.5) is 0 Å². The second-order valence-corrected chi connectivity index (χ2v) is 5.92. The molecule has 0 spiro atoms. The van der Waals surface area contributed by atoms with Gasteiger partial charge in [-0.25, -0.2) is 4.99 Å². The predicted octanol–water partition coefficient (Wildman–Crippen LogP) is 1.98. The van der Waals surface area contributed by atoms with Gasteiger partial charge in [-0.15, -0.1) is 0 Å². The number of carbonyl (C=O) groups is 1. The molecular formula is C17H26N4O. The summed E-state index contributed by atoms with van der Waals surface area (Å²) in [6.45, 7) is 7.33. The number of nitrogens with zero attached hydrogens (tertiary/aromatic N) is 2. The summed E-state index contributed by atoms with van der Waals surface area (Å²) in [4.78, 5) is 18.3. The van der Waals surface area contributed by atoms with E-state index < -0.39 is 0 Å². The summed E-state index contributed by atoms with van der Waals surface area (Å²) in [6.07, 6.45) is 2.45. The lowest BCUT2D eigenvalue weighted by molar-refractivity contribution is 0.0956. The Morgan fingerprint density at radius 1 is 1.41 bits per heavy atom. The number of benzene rings is 1. The highest BCUT2D eigenvalue weighted by Crippen LogP contribution is 2.15. The quantitative estimate of drug-likeness (QED) is 0.660. The molecule has 3 N–H and O–H groups in total. The summed E-state index contributed by atoms with van der Waals surface area (Å²) in [6, 6.07) is 7.52. The molecule has 1 heterocycles. The SMILES string of the molecule is CCNC(=O)c1ccc(CN=C(N)N2CCCC(C)C2)cc1. The van der Waals surface area contributed by atoms with Crippen LogP contribution in [0.15, 0.2) is 29.3 Å². The lowest BCUT2D eigenvalue weighted by atomic mass is 10.0. The van der Waals surface area contributed by atoms with E-state index in [4.69, 9.17) is 5.73 Å². The standard InChI is InChI=1S/C17H26N4O/c1-3-19-16(22)15-8-6-14(7-9-15)11-20-17(18)21-10-4-5-13(2)12-21/h6-9,13H,3-5,10-12H2,1-2H3,(H2,18,20)(H,19,22). The largest absolute Gasteiger partial charge is 0.370 e.